The van der Waals surface area contributed by atoms with Crippen LogP contribution in [0.2, 0.25) is 0 Å². The van der Waals surface area contributed by atoms with Gasteiger partial charge in [-0.3, -0.25) is 15.0 Å². The smallest absolute Gasteiger partial charge is 0.326 e. The first-order chi connectivity index (χ1) is 14.3. The quantitative estimate of drug-likeness (QED) is 0.601. The van der Waals surface area contributed by atoms with Gasteiger partial charge in [0, 0.05) is 5.56 Å². The molecule has 7 heteroatoms. The van der Waals surface area contributed by atoms with E-state index in [1.165, 1.54) is 11.1 Å². The van der Waals surface area contributed by atoms with Gasteiger partial charge in [-0.2, -0.15) is 5.01 Å². The largest absolute Gasteiger partial charge is 0.344 e. The summed E-state index contributed by atoms with van der Waals surface area (Å²) in [7, 11) is 1.91. The fraction of sp³-hybridized carbons (Fsp3) is 0.348. The highest BCUT2D eigenvalue weighted by Crippen LogP contribution is 2.31. The van der Waals surface area contributed by atoms with E-state index in [1.807, 2.05) is 39.1 Å². The number of nitrogens with one attached hydrogen (secondary N) is 3. The third kappa shape index (κ3) is 4.21. The number of urea groups is 1. The van der Waals surface area contributed by atoms with Crippen molar-refractivity contribution < 1.29 is 19.3 Å². The highest BCUT2D eigenvalue weighted by molar-refractivity contribution is 6.08. The van der Waals surface area contributed by atoms with Crippen LogP contribution in [0.5, 0.6) is 0 Å². The van der Waals surface area contributed by atoms with E-state index in [1.54, 1.807) is 12.1 Å². The van der Waals surface area contributed by atoms with Gasteiger partial charge in [0.25, 0.3) is 11.8 Å². The third-order valence-electron chi connectivity index (χ3n) is 5.58. The summed E-state index contributed by atoms with van der Waals surface area (Å²) in [6.07, 6.45) is 0.381. The van der Waals surface area contributed by atoms with Crippen molar-refractivity contribution in [3.8, 4) is 0 Å². The number of hydrogen-bond acceptors (Lipinski definition) is 3. The monoisotopic (exact) mass is 409 g/mol. The molecule has 158 valence electrons. The van der Waals surface area contributed by atoms with E-state index in [4.69, 9.17) is 0 Å². The Labute approximate surface area is 177 Å². The summed E-state index contributed by atoms with van der Waals surface area (Å²) in [5, 5.41) is 3.57. The molecule has 0 radical (unpaired) electrons. The molecule has 4 amide bonds. The Balaban J connectivity index is 1.66. The Bertz CT molecular complexity index is 960. The molecule has 0 spiro atoms. The number of carbonyl (C=O) groups is 3. The maximum atomic E-state index is 13.1. The first kappa shape index (κ1) is 21.5. The molecule has 0 saturated carbocycles. The molecular weight excluding hydrogens is 380 g/mol. The van der Waals surface area contributed by atoms with Crippen molar-refractivity contribution in [3.05, 3.63) is 70.8 Å². The molecule has 1 heterocycles. The van der Waals surface area contributed by atoms with E-state index in [0.29, 0.717) is 18.5 Å². The summed E-state index contributed by atoms with van der Waals surface area (Å²) < 4.78 is 0. The normalized spacial score (nSPS) is 19.5. The van der Waals surface area contributed by atoms with Crippen molar-refractivity contribution in [1.82, 2.24) is 15.8 Å². The summed E-state index contributed by atoms with van der Waals surface area (Å²) in [6.45, 7) is 6.73. The van der Waals surface area contributed by atoms with Gasteiger partial charge in [-0.1, -0.05) is 61.0 Å². The molecule has 2 aromatic rings. The van der Waals surface area contributed by atoms with Crippen molar-refractivity contribution in [2.75, 3.05) is 13.6 Å². The van der Waals surface area contributed by atoms with Crippen molar-refractivity contribution in [2.24, 2.45) is 0 Å². The number of aryl methyl sites for hydroxylation is 2. The van der Waals surface area contributed by atoms with Crippen molar-refractivity contribution in [2.45, 2.75) is 39.3 Å². The van der Waals surface area contributed by atoms with E-state index in [2.05, 4.69) is 35.9 Å². The molecule has 3 rings (SSSR count). The fourth-order valence-electron chi connectivity index (χ4n) is 3.91. The van der Waals surface area contributed by atoms with Crippen LogP contribution < -0.4 is 15.6 Å². The third-order valence-corrected chi connectivity index (χ3v) is 5.58. The topological polar surface area (TPSA) is 83.0 Å². The zero-order valence-corrected chi connectivity index (χ0v) is 17.9. The van der Waals surface area contributed by atoms with Crippen LogP contribution in [0.15, 0.2) is 48.5 Å². The van der Waals surface area contributed by atoms with Gasteiger partial charge >= 0.3 is 6.03 Å². The SMILES string of the molecule is CC[C@]1(c2ccccc2)NC(=O)N(NC(=O)C[NH+](C)Cc2ccc(C)cc2C)C1=O. The molecule has 1 fully saturated rings. The summed E-state index contributed by atoms with van der Waals surface area (Å²) in [5.74, 6) is -0.859. The summed E-state index contributed by atoms with van der Waals surface area (Å²) in [6, 6.07) is 14.7. The number of nitrogens with zero attached hydrogens (tertiary/aromatic N) is 1. The minimum absolute atomic E-state index is 0.134. The van der Waals surface area contributed by atoms with Crippen LogP contribution in [-0.4, -0.2) is 36.4 Å². The Kier molecular flexibility index (Phi) is 6.22. The van der Waals surface area contributed by atoms with E-state index in [-0.39, 0.29) is 12.5 Å². The minimum atomic E-state index is -1.16. The van der Waals surface area contributed by atoms with Crippen molar-refractivity contribution in [1.29, 1.82) is 0 Å². The lowest BCUT2D eigenvalue weighted by Crippen LogP contribution is -3.09. The van der Waals surface area contributed by atoms with E-state index >= 15 is 0 Å². The molecule has 0 bridgehead atoms. The van der Waals surface area contributed by atoms with Gasteiger partial charge in [-0.15, -0.1) is 0 Å². The highest BCUT2D eigenvalue weighted by atomic mass is 16.2. The van der Waals surface area contributed by atoms with E-state index in [9.17, 15) is 14.4 Å². The molecule has 0 aromatic heterocycles. The second-order valence-corrected chi connectivity index (χ2v) is 7.97. The predicted molar refractivity (Wildman–Crippen MR) is 113 cm³/mol. The Hall–Kier alpha value is -3.19. The first-order valence-corrected chi connectivity index (χ1v) is 10.2. The second-order valence-electron chi connectivity index (χ2n) is 7.97. The Morgan fingerprint density at radius 2 is 1.83 bits per heavy atom. The molecule has 2 aromatic carbocycles. The van der Waals surface area contributed by atoms with Crippen LogP contribution in [0.1, 0.15) is 35.6 Å². The van der Waals surface area contributed by atoms with Crippen molar-refractivity contribution in [3.63, 3.8) is 0 Å². The van der Waals surface area contributed by atoms with Gasteiger partial charge < -0.3 is 10.2 Å². The summed E-state index contributed by atoms with van der Waals surface area (Å²) >= 11 is 0. The molecule has 1 aliphatic rings. The molecule has 7 nitrogen and oxygen atoms in total. The number of quaternary nitrogens is 1. The second kappa shape index (κ2) is 8.67. The van der Waals surface area contributed by atoms with Crippen LogP contribution in [0, 0.1) is 13.8 Å². The molecule has 3 N–H and O–H groups in total. The number of benzene rings is 2. The Morgan fingerprint density at radius 3 is 2.47 bits per heavy atom. The molecule has 0 aliphatic carbocycles. The minimum Gasteiger partial charge on any atom is -0.326 e. The van der Waals surface area contributed by atoms with Crippen LogP contribution >= 0.6 is 0 Å². The molecule has 2 atom stereocenters. The molecule has 1 aliphatic heterocycles. The fourth-order valence-corrected chi connectivity index (χ4v) is 3.91. The summed E-state index contributed by atoms with van der Waals surface area (Å²) in [4.78, 5) is 39.1. The lowest BCUT2D eigenvalue weighted by Gasteiger charge is -2.25. The van der Waals surface area contributed by atoms with Gasteiger partial charge in [0.05, 0.1) is 7.05 Å². The average Bonchev–Trinajstić information content (AvgIpc) is 2.96. The standard InChI is InChI=1S/C23H28N4O3/c1-5-23(19-9-7-6-8-10-19)21(29)27(22(30)24-23)25-20(28)15-26(4)14-18-12-11-16(2)13-17(18)3/h6-13H,5,14-15H2,1-4H3,(H,24,30)(H,25,28)/p+1/t23-/m1/s1. The zero-order valence-electron chi connectivity index (χ0n) is 17.9. The van der Waals surface area contributed by atoms with Gasteiger partial charge in [-0.05, 0) is 31.4 Å². The summed E-state index contributed by atoms with van der Waals surface area (Å²) in [5.41, 5.74) is 5.56. The number of imide groups is 1. The predicted octanol–water partition coefficient (Wildman–Crippen LogP) is 1.21. The zero-order chi connectivity index (χ0) is 21.9. The van der Waals surface area contributed by atoms with Crippen molar-refractivity contribution >= 4 is 17.8 Å². The number of carbonyl (C=O) groups excluding carboxylic acids is 3. The lowest BCUT2D eigenvalue weighted by atomic mass is 9.87. The van der Waals surface area contributed by atoms with Gasteiger partial charge in [0.2, 0.25) is 0 Å². The maximum Gasteiger partial charge on any atom is 0.344 e. The number of amides is 4. The molecule has 1 saturated heterocycles. The molecule has 1 unspecified atom stereocenters. The maximum absolute atomic E-state index is 13.1. The number of likely N-dealkylation sites (N-methyl/N-ethyl adjacent to an activating group) is 1. The van der Waals surface area contributed by atoms with E-state index in [0.717, 1.165) is 15.5 Å². The van der Waals surface area contributed by atoms with Gasteiger partial charge in [0.1, 0.15) is 12.1 Å². The van der Waals surface area contributed by atoms with Gasteiger partial charge in [0.15, 0.2) is 6.54 Å². The van der Waals surface area contributed by atoms with Crippen LogP contribution in [0.4, 0.5) is 4.79 Å². The number of hydrazine groups is 1. The van der Waals surface area contributed by atoms with Crippen LogP contribution in [0.25, 0.3) is 0 Å². The van der Waals surface area contributed by atoms with Crippen LogP contribution in [-0.2, 0) is 21.7 Å². The molecule has 30 heavy (non-hydrogen) atoms. The Morgan fingerprint density at radius 1 is 1.13 bits per heavy atom. The number of hydrogen-bond donors (Lipinski definition) is 3. The average molecular weight is 410 g/mol. The van der Waals surface area contributed by atoms with Gasteiger partial charge in [-0.25, -0.2) is 4.79 Å². The van der Waals surface area contributed by atoms with E-state index < -0.39 is 17.5 Å². The lowest BCUT2D eigenvalue weighted by molar-refractivity contribution is -0.885. The highest BCUT2D eigenvalue weighted by Gasteiger charge is 2.52. The van der Waals surface area contributed by atoms with Crippen LogP contribution in [0.3, 0.4) is 0 Å². The first-order valence-electron chi connectivity index (χ1n) is 10.2. The number of rotatable bonds is 7. The molecular formula is C23H29N4O3+.